The van der Waals surface area contributed by atoms with Gasteiger partial charge in [0.25, 0.3) is 5.91 Å². The lowest BCUT2D eigenvalue weighted by Crippen LogP contribution is -2.33. The van der Waals surface area contributed by atoms with Gasteiger partial charge >= 0.3 is 6.03 Å². The monoisotopic (exact) mass is 465 g/mol. The molecule has 0 aliphatic carbocycles. The third-order valence-corrected chi connectivity index (χ3v) is 6.39. The number of urea groups is 1. The van der Waals surface area contributed by atoms with Crippen LogP contribution in [0.3, 0.4) is 0 Å². The molecule has 0 saturated carbocycles. The Balaban J connectivity index is 1.47. The van der Waals surface area contributed by atoms with Crippen molar-refractivity contribution in [1.29, 1.82) is 0 Å². The highest BCUT2D eigenvalue weighted by Crippen LogP contribution is 2.28. The normalized spacial score (nSPS) is 12.5. The molecule has 0 atom stereocenters. The number of nitrogens with one attached hydrogen (secondary N) is 2. The smallest absolute Gasteiger partial charge is 0.319 e. The Labute approximate surface area is 204 Å². The molecule has 2 N–H and O–H groups in total. The van der Waals surface area contributed by atoms with Gasteiger partial charge in [0.15, 0.2) is 0 Å². The second-order valence-electron chi connectivity index (χ2n) is 8.92. The van der Waals surface area contributed by atoms with Crippen molar-refractivity contribution in [3.05, 3.63) is 101 Å². The van der Waals surface area contributed by atoms with Gasteiger partial charge in [-0.05, 0) is 60.9 Å². The summed E-state index contributed by atoms with van der Waals surface area (Å²) in [4.78, 5) is 26.7. The van der Waals surface area contributed by atoms with Gasteiger partial charge in [-0.1, -0.05) is 36.4 Å². The number of aromatic nitrogens is 2. The number of carbonyl (C=O) groups excluding carboxylic acids is 2. The molecule has 2 heterocycles. The number of amides is 3. The van der Waals surface area contributed by atoms with Crippen LogP contribution in [-0.2, 0) is 13.1 Å². The number of rotatable bonds is 5. The van der Waals surface area contributed by atoms with E-state index in [-0.39, 0.29) is 11.9 Å². The quantitative estimate of drug-likeness (QED) is 0.432. The SMILES string of the molecule is Cc1ccc(-c2nn(-c3ccccc3)cc2CN(C)C(=O)c2ccc3c(c2)NC(=O)NC3)cc1C. The maximum absolute atomic E-state index is 13.3. The number of para-hydroxylation sites is 1. The molecule has 35 heavy (non-hydrogen) atoms. The van der Waals surface area contributed by atoms with Gasteiger partial charge in [0.1, 0.15) is 0 Å². The van der Waals surface area contributed by atoms with Crippen molar-refractivity contribution in [3.63, 3.8) is 0 Å². The van der Waals surface area contributed by atoms with Crippen LogP contribution >= 0.6 is 0 Å². The molecule has 4 aromatic rings. The molecular formula is C28H27N5O2. The van der Waals surface area contributed by atoms with Crippen molar-refractivity contribution in [2.45, 2.75) is 26.9 Å². The van der Waals surface area contributed by atoms with Crippen LogP contribution < -0.4 is 10.6 Å². The van der Waals surface area contributed by atoms with Crippen LogP contribution in [0.25, 0.3) is 16.9 Å². The Hall–Kier alpha value is -4.39. The highest BCUT2D eigenvalue weighted by Gasteiger charge is 2.21. The van der Waals surface area contributed by atoms with Gasteiger partial charge in [-0.3, -0.25) is 4.79 Å². The standard InChI is InChI=1S/C28H27N5O2/c1-18-9-10-20(13-19(18)2)26-23(17-33(31-26)24-7-5-4-6-8-24)16-32(3)27(34)21-11-12-22-15-29-28(35)30-25(22)14-21/h4-14,17H,15-16H2,1-3H3,(H2,29,30,35). The topological polar surface area (TPSA) is 79.3 Å². The van der Waals surface area contributed by atoms with E-state index in [9.17, 15) is 9.59 Å². The molecule has 0 bridgehead atoms. The zero-order valence-electron chi connectivity index (χ0n) is 20.0. The first kappa shape index (κ1) is 22.4. The molecule has 0 radical (unpaired) electrons. The van der Waals surface area contributed by atoms with E-state index in [1.807, 2.05) is 47.3 Å². The molecule has 0 saturated heterocycles. The Morgan fingerprint density at radius 1 is 1.03 bits per heavy atom. The van der Waals surface area contributed by atoms with Crippen LogP contribution in [0.5, 0.6) is 0 Å². The van der Waals surface area contributed by atoms with Gasteiger partial charge in [0.2, 0.25) is 0 Å². The molecular weight excluding hydrogens is 438 g/mol. The molecule has 0 spiro atoms. The maximum Gasteiger partial charge on any atom is 0.319 e. The lowest BCUT2D eigenvalue weighted by atomic mass is 10.0. The molecule has 1 aliphatic heterocycles. The fraction of sp³-hybridized carbons (Fsp3) is 0.179. The first-order valence-corrected chi connectivity index (χ1v) is 11.5. The minimum absolute atomic E-state index is 0.126. The van der Waals surface area contributed by atoms with Crippen LogP contribution in [0.15, 0.2) is 72.9 Å². The van der Waals surface area contributed by atoms with E-state index in [4.69, 9.17) is 5.10 Å². The summed E-state index contributed by atoms with van der Waals surface area (Å²) >= 11 is 0. The number of fused-ring (bicyclic) bond motifs is 1. The van der Waals surface area contributed by atoms with Gasteiger partial charge in [0, 0.05) is 48.7 Å². The van der Waals surface area contributed by atoms with Crippen LogP contribution in [0.4, 0.5) is 10.5 Å². The fourth-order valence-corrected chi connectivity index (χ4v) is 4.24. The first-order valence-electron chi connectivity index (χ1n) is 11.5. The summed E-state index contributed by atoms with van der Waals surface area (Å²) < 4.78 is 1.86. The first-order chi connectivity index (χ1) is 16.9. The largest absolute Gasteiger partial charge is 0.337 e. The maximum atomic E-state index is 13.3. The lowest BCUT2D eigenvalue weighted by molar-refractivity contribution is 0.0785. The van der Waals surface area contributed by atoms with E-state index >= 15 is 0 Å². The van der Waals surface area contributed by atoms with Crippen LogP contribution in [0, 0.1) is 13.8 Å². The number of hydrogen-bond acceptors (Lipinski definition) is 3. The Morgan fingerprint density at radius 3 is 2.60 bits per heavy atom. The molecule has 7 nitrogen and oxygen atoms in total. The Kier molecular flexibility index (Phi) is 5.82. The summed E-state index contributed by atoms with van der Waals surface area (Å²) in [6, 6.07) is 21.4. The van der Waals surface area contributed by atoms with Gasteiger partial charge in [-0.2, -0.15) is 5.10 Å². The van der Waals surface area contributed by atoms with Crippen molar-refractivity contribution in [2.75, 3.05) is 12.4 Å². The number of anilines is 1. The van der Waals surface area contributed by atoms with Crippen LogP contribution in [0.1, 0.15) is 32.6 Å². The molecule has 0 unspecified atom stereocenters. The second kappa shape index (κ2) is 9.10. The van der Waals surface area contributed by atoms with E-state index in [0.29, 0.717) is 24.3 Å². The van der Waals surface area contributed by atoms with Crippen LogP contribution in [0.2, 0.25) is 0 Å². The molecule has 1 aromatic heterocycles. The van der Waals surface area contributed by atoms with E-state index < -0.39 is 0 Å². The summed E-state index contributed by atoms with van der Waals surface area (Å²) in [7, 11) is 1.78. The third-order valence-electron chi connectivity index (χ3n) is 6.39. The second-order valence-corrected chi connectivity index (χ2v) is 8.92. The van der Waals surface area contributed by atoms with Crippen molar-refractivity contribution in [2.24, 2.45) is 0 Å². The van der Waals surface area contributed by atoms with E-state index in [1.165, 1.54) is 11.1 Å². The molecule has 3 amide bonds. The Morgan fingerprint density at radius 2 is 1.83 bits per heavy atom. The number of benzene rings is 3. The fourth-order valence-electron chi connectivity index (χ4n) is 4.24. The molecule has 176 valence electrons. The zero-order valence-corrected chi connectivity index (χ0v) is 20.0. The van der Waals surface area contributed by atoms with Gasteiger partial charge in [-0.15, -0.1) is 0 Å². The summed E-state index contributed by atoms with van der Waals surface area (Å²) in [6.07, 6.45) is 1.99. The number of nitrogens with zero attached hydrogens (tertiary/aromatic N) is 3. The summed E-state index contributed by atoms with van der Waals surface area (Å²) in [5.74, 6) is -0.126. The average molecular weight is 466 g/mol. The molecule has 5 rings (SSSR count). The van der Waals surface area contributed by atoms with Crippen molar-refractivity contribution in [3.8, 4) is 16.9 Å². The Bertz CT molecular complexity index is 1420. The highest BCUT2D eigenvalue weighted by atomic mass is 16.2. The molecule has 3 aromatic carbocycles. The predicted molar refractivity (Wildman–Crippen MR) is 137 cm³/mol. The van der Waals surface area contributed by atoms with Crippen molar-refractivity contribution < 1.29 is 9.59 Å². The zero-order chi connectivity index (χ0) is 24.5. The van der Waals surface area contributed by atoms with Gasteiger partial charge < -0.3 is 15.5 Å². The lowest BCUT2D eigenvalue weighted by Gasteiger charge is -2.21. The molecule has 1 aliphatic rings. The van der Waals surface area contributed by atoms with E-state index in [0.717, 1.165) is 28.1 Å². The summed E-state index contributed by atoms with van der Waals surface area (Å²) in [5.41, 5.74) is 8.32. The van der Waals surface area contributed by atoms with Crippen molar-refractivity contribution in [1.82, 2.24) is 20.0 Å². The average Bonchev–Trinajstić information content (AvgIpc) is 3.29. The summed E-state index contributed by atoms with van der Waals surface area (Å²) in [5, 5.41) is 10.4. The number of hydrogen-bond donors (Lipinski definition) is 2. The van der Waals surface area contributed by atoms with Gasteiger partial charge in [0.05, 0.1) is 11.4 Å². The third kappa shape index (κ3) is 4.53. The number of carbonyl (C=O) groups is 2. The molecule has 7 heteroatoms. The highest BCUT2D eigenvalue weighted by molar-refractivity contribution is 5.98. The van der Waals surface area contributed by atoms with Crippen LogP contribution in [-0.4, -0.2) is 33.7 Å². The minimum atomic E-state index is -0.262. The summed E-state index contributed by atoms with van der Waals surface area (Å²) in [6.45, 7) is 5.02. The minimum Gasteiger partial charge on any atom is -0.337 e. The van der Waals surface area contributed by atoms with Crippen molar-refractivity contribution >= 4 is 17.6 Å². The number of aryl methyl sites for hydroxylation is 2. The van der Waals surface area contributed by atoms with E-state index in [1.54, 1.807) is 24.1 Å². The van der Waals surface area contributed by atoms with E-state index in [2.05, 4.69) is 42.7 Å². The van der Waals surface area contributed by atoms with Gasteiger partial charge in [-0.25, -0.2) is 9.48 Å². The predicted octanol–water partition coefficient (Wildman–Crippen LogP) is 5.06. The molecule has 0 fully saturated rings.